The van der Waals surface area contributed by atoms with Gasteiger partial charge in [0.05, 0.1) is 6.61 Å². The van der Waals surface area contributed by atoms with E-state index >= 15 is 0 Å². The molecule has 0 bridgehead atoms. The van der Waals surface area contributed by atoms with Crippen molar-refractivity contribution in [3.8, 4) is 0 Å². The Morgan fingerprint density at radius 3 is 2.38 bits per heavy atom. The van der Waals surface area contributed by atoms with Crippen LogP contribution < -0.4 is 0 Å². The Hall–Kier alpha value is -2.12. The maximum absolute atomic E-state index is 9.84. The van der Waals surface area contributed by atoms with E-state index in [9.17, 15) is 5.11 Å². The summed E-state index contributed by atoms with van der Waals surface area (Å²) in [6.45, 7) is 2.29. The summed E-state index contributed by atoms with van der Waals surface area (Å²) in [5.41, 5.74) is 3.79. The maximum atomic E-state index is 9.84. The number of rotatable bonds is 4. The van der Waals surface area contributed by atoms with Crippen molar-refractivity contribution in [1.82, 2.24) is 0 Å². The van der Waals surface area contributed by atoms with Crippen LogP contribution in [-0.4, -0.2) is 11.7 Å². The summed E-state index contributed by atoms with van der Waals surface area (Å²) in [4.78, 5) is 0. The van der Waals surface area contributed by atoms with Crippen LogP contribution >= 0.6 is 0 Å². The van der Waals surface area contributed by atoms with Gasteiger partial charge in [0, 0.05) is 5.92 Å². The molecule has 3 aromatic carbocycles. The van der Waals surface area contributed by atoms with Crippen LogP contribution in [0.5, 0.6) is 0 Å². The van der Waals surface area contributed by atoms with Gasteiger partial charge in [0.25, 0.3) is 0 Å². The van der Waals surface area contributed by atoms with E-state index in [0.29, 0.717) is 0 Å². The molecule has 0 saturated carbocycles. The maximum Gasteiger partial charge on any atom is 0.0503 e. The zero-order valence-corrected chi connectivity index (χ0v) is 12.3. The minimum atomic E-state index is 0.150. The molecule has 0 fully saturated rings. The zero-order valence-electron chi connectivity index (χ0n) is 12.3. The van der Waals surface area contributed by atoms with E-state index in [0.717, 1.165) is 6.42 Å². The van der Waals surface area contributed by atoms with Crippen molar-refractivity contribution >= 4 is 10.8 Å². The number of fused-ring (bicyclic) bond motifs is 1. The van der Waals surface area contributed by atoms with E-state index < -0.39 is 0 Å². The van der Waals surface area contributed by atoms with Crippen molar-refractivity contribution in [1.29, 1.82) is 0 Å². The molecule has 1 atom stereocenters. The fourth-order valence-electron chi connectivity index (χ4n) is 3.05. The zero-order chi connectivity index (χ0) is 14.7. The summed E-state index contributed by atoms with van der Waals surface area (Å²) in [5.74, 6) is 0.150. The highest BCUT2D eigenvalue weighted by Gasteiger charge is 2.14. The highest BCUT2D eigenvalue weighted by atomic mass is 16.3. The van der Waals surface area contributed by atoms with Crippen molar-refractivity contribution in [3.05, 3.63) is 83.4 Å². The molecule has 0 saturated heterocycles. The molecule has 0 aromatic heterocycles. The molecular formula is C20H20O. The molecule has 3 aromatic rings. The Morgan fingerprint density at radius 2 is 1.57 bits per heavy atom. The summed E-state index contributed by atoms with van der Waals surface area (Å²) >= 11 is 0. The molecule has 1 N–H and O–H groups in total. The SMILES string of the molecule is Cc1ccccc1C(CO)Cc1cccc2ccccc12. The van der Waals surface area contributed by atoms with Crippen LogP contribution in [0.25, 0.3) is 10.8 Å². The van der Waals surface area contributed by atoms with Gasteiger partial charge in [-0.1, -0.05) is 66.7 Å². The molecule has 0 amide bonds. The average molecular weight is 276 g/mol. The predicted octanol–water partition coefficient (Wildman–Crippen LogP) is 4.47. The van der Waals surface area contributed by atoms with E-state index in [1.807, 2.05) is 12.1 Å². The van der Waals surface area contributed by atoms with E-state index in [1.54, 1.807) is 0 Å². The number of benzene rings is 3. The van der Waals surface area contributed by atoms with Gasteiger partial charge in [-0.2, -0.15) is 0 Å². The van der Waals surface area contributed by atoms with E-state index in [1.165, 1.54) is 27.5 Å². The lowest BCUT2D eigenvalue weighted by atomic mass is 9.88. The first kappa shape index (κ1) is 13.8. The predicted molar refractivity (Wildman–Crippen MR) is 88.7 cm³/mol. The van der Waals surface area contributed by atoms with Crippen molar-refractivity contribution in [2.75, 3.05) is 6.61 Å². The summed E-state index contributed by atoms with van der Waals surface area (Å²) in [6.07, 6.45) is 0.864. The van der Waals surface area contributed by atoms with Crippen LogP contribution in [0.2, 0.25) is 0 Å². The van der Waals surface area contributed by atoms with Crippen molar-refractivity contribution in [2.24, 2.45) is 0 Å². The topological polar surface area (TPSA) is 20.2 Å². The molecule has 0 aliphatic heterocycles. The van der Waals surface area contributed by atoms with Gasteiger partial charge in [0.15, 0.2) is 0 Å². The first-order valence-corrected chi connectivity index (χ1v) is 7.42. The van der Waals surface area contributed by atoms with Crippen LogP contribution in [-0.2, 0) is 6.42 Å². The van der Waals surface area contributed by atoms with Gasteiger partial charge in [0.1, 0.15) is 0 Å². The first-order valence-electron chi connectivity index (χ1n) is 7.42. The Balaban J connectivity index is 1.98. The van der Waals surface area contributed by atoms with Crippen LogP contribution in [0.3, 0.4) is 0 Å². The summed E-state index contributed by atoms with van der Waals surface area (Å²) < 4.78 is 0. The van der Waals surface area contributed by atoms with E-state index in [2.05, 4.69) is 61.5 Å². The lowest BCUT2D eigenvalue weighted by molar-refractivity contribution is 0.264. The second-order valence-electron chi connectivity index (χ2n) is 5.58. The van der Waals surface area contributed by atoms with Crippen LogP contribution in [0.15, 0.2) is 66.7 Å². The van der Waals surface area contributed by atoms with Gasteiger partial charge in [-0.3, -0.25) is 0 Å². The summed E-state index contributed by atoms with van der Waals surface area (Å²) in [6, 6.07) is 23.2. The third-order valence-corrected chi connectivity index (χ3v) is 4.19. The molecule has 1 nitrogen and oxygen atoms in total. The van der Waals surface area contributed by atoms with E-state index in [-0.39, 0.29) is 12.5 Å². The fraction of sp³-hybridized carbons (Fsp3) is 0.200. The minimum Gasteiger partial charge on any atom is -0.396 e. The lowest BCUT2D eigenvalue weighted by Crippen LogP contribution is -2.09. The second kappa shape index (κ2) is 6.11. The van der Waals surface area contributed by atoms with Crippen molar-refractivity contribution < 1.29 is 5.11 Å². The fourth-order valence-corrected chi connectivity index (χ4v) is 3.05. The minimum absolute atomic E-state index is 0.150. The largest absolute Gasteiger partial charge is 0.396 e. The monoisotopic (exact) mass is 276 g/mol. The quantitative estimate of drug-likeness (QED) is 0.745. The van der Waals surface area contributed by atoms with Crippen LogP contribution in [0.4, 0.5) is 0 Å². The molecule has 0 radical (unpaired) electrons. The van der Waals surface area contributed by atoms with Gasteiger partial charge >= 0.3 is 0 Å². The highest BCUT2D eigenvalue weighted by Crippen LogP contribution is 2.27. The van der Waals surface area contributed by atoms with Gasteiger partial charge in [-0.05, 0) is 40.8 Å². The Bertz CT molecular complexity index is 740. The molecular weight excluding hydrogens is 256 g/mol. The van der Waals surface area contributed by atoms with Crippen LogP contribution in [0.1, 0.15) is 22.6 Å². The lowest BCUT2D eigenvalue weighted by Gasteiger charge is -2.18. The third-order valence-electron chi connectivity index (χ3n) is 4.19. The molecule has 0 heterocycles. The Kier molecular flexibility index (Phi) is 4.03. The van der Waals surface area contributed by atoms with Gasteiger partial charge in [0.2, 0.25) is 0 Å². The molecule has 1 unspecified atom stereocenters. The molecule has 0 spiro atoms. The van der Waals surface area contributed by atoms with Crippen molar-refractivity contribution in [2.45, 2.75) is 19.3 Å². The average Bonchev–Trinajstić information content (AvgIpc) is 2.53. The normalized spacial score (nSPS) is 12.5. The number of aryl methyl sites for hydroxylation is 1. The number of aliphatic hydroxyl groups is 1. The number of hydrogen-bond donors (Lipinski definition) is 1. The second-order valence-corrected chi connectivity index (χ2v) is 5.58. The molecule has 3 rings (SSSR count). The summed E-state index contributed by atoms with van der Waals surface area (Å²) in [5, 5.41) is 12.4. The molecule has 106 valence electrons. The van der Waals surface area contributed by atoms with Gasteiger partial charge < -0.3 is 5.11 Å². The van der Waals surface area contributed by atoms with Gasteiger partial charge in [-0.25, -0.2) is 0 Å². The molecule has 0 aliphatic rings. The molecule has 1 heteroatoms. The Labute approximate surface area is 125 Å². The third kappa shape index (κ3) is 2.84. The number of hydrogen-bond acceptors (Lipinski definition) is 1. The molecule has 21 heavy (non-hydrogen) atoms. The smallest absolute Gasteiger partial charge is 0.0503 e. The molecule has 0 aliphatic carbocycles. The van der Waals surface area contributed by atoms with Gasteiger partial charge in [-0.15, -0.1) is 0 Å². The van der Waals surface area contributed by atoms with Crippen LogP contribution in [0, 0.1) is 6.92 Å². The Morgan fingerprint density at radius 1 is 0.857 bits per heavy atom. The highest BCUT2D eigenvalue weighted by molar-refractivity contribution is 5.85. The summed E-state index contributed by atoms with van der Waals surface area (Å²) in [7, 11) is 0. The standard InChI is InChI=1S/C20H20O/c1-15-7-2-4-11-19(15)18(14-21)13-17-10-6-9-16-8-3-5-12-20(16)17/h2-12,18,21H,13-14H2,1H3. The first-order chi connectivity index (χ1) is 10.3. The van der Waals surface area contributed by atoms with E-state index in [4.69, 9.17) is 0 Å². The number of aliphatic hydroxyl groups excluding tert-OH is 1. The van der Waals surface area contributed by atoms with Crippen molar-refractivity contribution in [3.63, 3.8) is 0 Å².